The van der Waals surface area contributed by atoms with Crippen molar-refractivity contribution >= 4 is 0 Å². The maximum Gasteiger partial charge on any atom is 0.0575 e. The van der Waals surface area contributed by atoms with Gasteiger partial charge in [0.2, 0.25) is 0 Å². The maximum absolute atomic E-state index is 5.99. The maximum atomic E-state index is 5.99. The van der Waals surface area contributed by atoms with E-state index in [0.29, 0.717) is 11.5 Å². The number of nitrogens with one attached hydrogen (secondary N) is 1. The Labute approximate surface area is 114 Å². The highest BCUT2D eigenvalue weighted by atomic mass is 16.5. The lowest BCUT2D eigenvalue weighted by molar-refractivity contribution is 0.00274. The van der Waals surface area contributed by atoms with Gasteiger partial charge in [-0.3, -0.25) is 0 Å². The minimum absolute atomic E-state index is 0.555. The van der Waals surface area contributed by atoms with Crippen molar-refractivity contribution in [1.29, 1.82) is 0 Å². The number of hydrogen-bond donors (Lipinski definition) is 1. The van der Waals surface area contributed by atoms with Crippen LogP contribution in [0.25, 0.3) is 0 Å². The molecule has 0 amide bonds. The fourth-order valence-corrected chi connectivity index (χ4v) is 2.67. The lowest BCUT2D eigenvalue weighted by Crippen LogP contribution is -2.26. The third-order valence-electron chi connectivity index (χ3n) is 4.14. The summed E-state index contributed by atoms with van der Waals surface area (Å²) < 4.78 is 5.99. The lowest BCUT2D eigenvalue weighted by atomic mass is 9.76. The monoisotopic (exact) mass is 255 g/mol. The average molecular weight is 255 g/mol. The Bertz CT molecular complexity index is 193. The Kier molecular flexibility index (Phi) is 7.92. The van der Waals surface area contributed by atoms with E-state index in [9.17, 15) is 0 Å². The van der Waals surface area contributed by atoms with E-state index in [1.165, 1.54) is 57.9 Å². The molecule has 0 spiro atoms. The van der Waals surface area contributed by atoms with Gasteiger partial charge in [-0.1, -0.05) is 33.6 Å². The van der Waals surface area contributed by atoms with Crippen LogP contribution in [0.4, 0.5) is 0 Å². The molecule has 0 unspecified atom stereocenters. The van der Waals surface area contributed by atoms with Crippen molar-refractivity contribution in [1.82, 2.24) is 5.32 Å². The van der Waals surface area contributed by atoms with Gasteiger partial charge in [0.05, 0.1) is 6.10 Å². The second-order valence-corrected chi connectivity index (χ2v) is 6.50. The highest BCUT2D eigenvalue weighted by Gasteiger charge is 2.26. The van der Waals surface area contributed by atoms with Gasteiger partial charge in [-0.05, 0) is 57.0 Å². The zero-order chi connectivity index (χ0) is 13.3. The molecule has 1 fully saturated rings. The molecule has 1 rings (SSSR count). The summed E-state index contributed by atoms with van der Waals surface area (Å²) in [5.41, 5.74) is 0.562. The summed E-state index contributed by atoms with van der Waals surface area (Å²) in [6.07, 6.45) is 11.0. The minimum Gasteiger partial charge on any atom is -0.378 e. The molecule has 0 radical (unpaired) electrons. The van der Waals surface area contributed by atoms with Crippen LogP contribution >= 0.6 is 0 Å². The fourth-order valence-electron chi connectivity index (χ4n) is 2.67. The van der Waals surface area contributed by atoms with Crippen molar-refractivity contribution in [3.63, 3.8) is 0 Å². The Morgan fingerprint density at radius 3 is 2.39 bits per heavy atom. The van der Waals surface area contributed by atoms with E-state index < -0.39 is 0 Å². The fraction of sp³-hybridized carbons (Fsp3) is 1.00. The van der Waals surface area contributed by atoms with Gasteiger partial charge < -0.3 is 10.1 Å². The molecule has 1 aliphatic carbocycles. The second kappa shape index (κ2) is 8.92. The van der Waals surface area contributed by atoms with Gasteiger partial charge in [-0.2, -0.15) is 0 Å². The molecule has 0 aromatic heterocycles. The van der Waals surface area contributed by atoms with Crippen molar-refractivity contribution in [2.24, 2.45) is 5.41 Å². The summed E-state index contributed by atoms with van der Waals surface area (Å²) in [5, 5.41) is 3.37. The van der Waals surface area contributed by atoms with E-state index in [0.717, 1.165) is 13.2 Å². The molecule has 2 nitrogen and oxygen atoms in total. The van der Waals surface area contributed by atoms with Gasteiger partial charge in [0, 0.05) is 6.61 Å². The van der Waals surface area contributed by atoms with Crippen LogP contribution in [-0.2, 0) is 4.74 Å². The molecule has 0 saturated heterocycles. The molecular formula is C16H33NO. The first-order valence-electron chi connectivity index (χ1n) is 7.96. The number of hydrogen-bond acceptors (Lipinski definition) is 2. The second-order valence-electron chi connectivity index (χ2n) is 6.50. The third kappa shape index (κ3) is 7.38. The van der Waals surface area contributed by atoms with Gasteiger partial charge in [-0.15, -0.1) is 0 Å². The normalized spacial score (nSPS) is 20.2. The number of unbranched alkanes of at least 4 members (excludes halogenated alkanes) is 3. The molecule has 0 aromatic rings. The van der Waals surface area contributed by atoms with Crippen molar-refractivity contribution in [3.05, 3.63) is 0 Å². The van der Waals surface area contributed by atoms with Gasteiger partial charge in [0.25, 0.3) is 0 Å². The van der Waals surface area contributed by atoms with Crippen LogP contribution in [0.1, 0.15) is 72.1 Å². The summed E-state index contributed by atoms with van der Waals surface area (Å²) in [5.74, 6) is 0. The molecule has 1 aliphatic rings. The molecule has 0 heterocycles. The quantitative estimate of drug-likeness (QED) is 0.625. The number of ether oxygens (including phenoxy) is 1. The van der Waals surface area contributed by atoms with Gasteiger partial charge in [0.1, 0.15) is 0 Å². The summed E-state index contributed by atoms with van der Waals surface area (Å²) >= 11 is 0. The van der Waals surface area contributed by atoms with Crippen molar-refractivity contribution in [2.75, 3.05) is 19.7 Å². The Morgan fingerprint density at radius 1 is 1.06 bits per heavy atom. The van der Waals surface area contributed by atoms with Crippen molar-refractivity contribution < 1.29 is 4.74 Å². The van der Waals surface area contributed by atoms with E-state index in [-0.39, 0.29) is 0 Å². The van der Waals surface area contributed by atoms with Crippen LogP contribution in [0.5, 0.6) is 0 Å². The first-order valence-corrected chi connectivity index (χ1v) is 7.96. The average Bonchev–Trinajstić information content (AvgIpc) is 2.34. The first kappa shape index (κ1) is 16.0. The van der Waals surface area contributed by atoms with Gasteiger partial charge in [-0.25, -0.2) is 0 Å². The van der Waals surface area contributed by atoms with Crippen LogP contribution in [0.3, 0.4) is 0 Å². The van der Waals surface area contributed by atoms with Crippen LogP contribution in [0.15, 0.2) is 0 Å². The van der Waals surface area contributed by atoms with E-state index in [2.05, 4.69) is 26.1 Å². The minimum atomic E-state index is 0.555. The highest BCUT2D eigenvalue weighted by Crippen LogP contribution is 2.36. The first-order chi connectivity index (χ1) is 8.64. The zero-order valence-electron chi connectivity index (χ0n) is 12.8. The van der Waals surface area contributed by atoms with Crippen LogP contribution in [-0.4, -0.2) is 25.8 Å². The van der Waals surface area contributed by atoms with Crippen molar-refractivity contribution in [3.8, 4) is 0 Å². The molecule has 0 atom stereocenters. The smallest absolute Gasteiger partial charge is 0.0575 e. The topological polar surface area (TPSA) is 21.3 Å². The molecule has 2 heteroatoms. The van der Waals surface area contributed by atoms with E-state index >= 15 is 0 Å². The summed E-state index contributed by atoms with van der Waals surface area (Å²) in [7, 11) is 0. The zero-order valence-corrected chi connectivity index (χ0v) is 12.8. The van der Waals surface area contributed by atoms with Gasteiger partial charge >= 0.3 is 0 Å². The molecule has 0 bridgehead atoms. The van der Waals surface area contributed by atoms with Crippen LogP contribution in [0.2, 0.25) is 0 Å². The predicted octanol–water partition coefficient (Wildman–Crippen LogP) is 4.14. The Morgan fingerprint density at radius 2 is 1.72 bits per heavy atom. The van der Waals surface area contributed by atoms with Crippen LogP contribution < -0.4 is 5.32 Å². The summed E-state index contributed by atoms with van der Waals surface area (Å²) in [4.78, 5) is 0. The standard InChI is InChI=1S/C16H33NO/c1-4-17-13-7-5-6-8-14-18-15-9-11-16(2,3)12-10-15/h15,17H,4-14H2,1-3H3. The molecule has 18 heavy (non-hydrogen) atoms. The van der Waals surface area contributed by atoms with E-state index in [4.69, 9.17) is 4.74 Å². The lowest BCUT2D eigenvalue weighted by Gasteiger charge is -2.34. The van der Waals surface area contributed by atoms with Crippen LogP contribution in [0, 0.1) is 5.41 Å². The molecule has 1 saturated carbocycles. The molecule has 108 valence electrons. The molecule has 0 aromatic carbocycles. The van der Waals surface area contributed by atoms with Crippen molar-refractivity contribution in [2.45, 2.75) is 78.2 Å². The van der Waals surface area contributed by atoms with E-state index in [1.807, 2.05) is 0 Å². The summed E-state index contributed by atoms with van der Waals surface area (Å²) in [6.45, 7) is 10.2. The van der Waals surface area contributed by atoms with E-state index in [1.54, 1.807) is 0 Å². The third-order valence-corrected chi connectivity index (χ3v) is 4.14. The van der Waals surface area contributed by atoms with Gasteiger partial charge in [0.15, 0.2) is 0 Å². The molecule has 0 aliphatic heterocycles. The number of rotatable bonds is 9. The Hall–Kier alpha value is -0.0800. The molecule has 1 N–H and O–H groups in total. The Balaban J connectivity index is 1.87. The SMILES string of the molecule is CCNCCCCCCOC1CCC(C)(C)CC1. The highest BCUT2D eigenvalue weighted by molar-refractivity contribution is 4.78. The molecular weight excluding hydrogens is 222 g/mol. The predicted molar refractivity (Wildman–Crippen MR) is 79.0 cm³/mol. The summed E-state index contributed by atoms with van der Waals surface area (Å²) in [6, 6.07) is 0. The largest absolute Gasteiger partial charge is 0.378 e.